The third kappa shape index (κ3) is 16.7. The number of carbonyl (C=O) groups is 4. The van der Waals surface area contributed by atoms with Gasteiger partial charge in [-0.15, -0.1) is 5.54 Å². The lowest BCUT2D eigenvalue weighted by atomic mass is 9.65. The van der Waals surface area contributed by atoms with Crippen LogP contribution in [0.15, 0.2) is 79.0 Å². The number of piperidine rings is 1. The number of halogens is 3. The first-order chi connectivity index (χ1) is 50.3. The van der Waals surface area contributed by atoms with Crippen molar-refractivity contribution in [2.75, 3.05) is 64.7 Å². The fourth-order valence-corrected chi connectivity index (χ4v) is 23.2. The SMILES string of the molecule is COCOc1cc(-c2ncc3c(N4CC5CCC(C4)N5C(=O)OC(C)(C)C)nc(OCC4(CN5CCC6(CCC(CCC(=O)N[C@H](C(=O)N7C[C@H](O)C[C@H]7C(=O)N[C@@H](C)c7ccc(-c8ccccc8F)cc7)C(C)(C)C)CC6)CC5)CC4)nc3c2F)c2c(C#C[Si](C(C)C)(C(C)C)C(C)C)c(F)ccc2c1. The smallest absolute Gasteiger partial charge is 0.410 e. The van der Waals surface area contributed by atoms with Crippen molar-refractivity contribution in [1.29, 1.82) is 0 Å². The molecule has 2 aromatic heterocycles. The predicted molar refractivity (Wildman–Crippen MR) is 410 cm³/mol. The van der Waals surface area contributed by atoms with Crippen LogP contribution in [0.1, 0.15) is 191 Å². The lowest BCUT2D eigenvalue weighted by molar-refractivity contribution is -0.144. The van der Waals surface area contributed by atoms with Crippen LogP contribution in [0.3, 0.4) is 0 Å². The number of amides is 4. The third-order valence-electron chi connectivity index (χ3n) is 24.1. The van der Waals surface area contributed by atoms with E-state index in [1.54, 1.807) is 42.6 Å². The van der Waals surface area contributed by atoms with Crippen LogP contribution >= 0.6 is 0 Å². The largest absolute Gasteiger partial charge is 0.468 e. The quantitative estimate of drug-likeness (QED) is 0.0329. The summed E-state index contributed by atoms with van der Waals surface area (Å²) in [5.41, 5.74) is 5.63. The summed E-state index contributed by atoms with van der Waals surface area (Å²) < 4.78 is 73.6. The lowest BCUT2D eigenvalue weighted by Gasteiger charge is -2.46. The van der Waals surface area contributed by atoms with E-state index in [4.69, 9.17) is 33.9 Å². The summed E-state index contributed by atoms with van der Waals surface area (Å²) in [5.74, 6) is 1.99. The molecule has 12 rings (SSSR count). The number of aliphatic hydroxyl groups is 1. The van der Waals surface area contributed by atoms with E-state index in [0.717, 1.165) is 89.4 Å². The molecular formula is C84H110F3N9O9Si. The number of nitrogens with one attached hydrogen (secondary N) is 2. The van der Waals surface area contributed by atoms with Gasteiger partial charge in [-0.2, -0.15) is 9.97 Å². The van der Waals surface area contributed by atoms with Crippen molar-refractivity contribution in [1.82, 2.24) is 40.3 Å². The fourth-order valence-electron chi connectivity index (χ4n) is 17.9. The van der Waals surface area contributed by atoms with Crippen molar-refractivity contribution in [3.05, 3.63) is 108 Å². The molecule has 4 saturated heterocycles. The van der Waals surface area contributed by atoms with Gasteiger partial charge in [0, 0.05) is 74.3 Å². The molecule has 4 aromatic carbocycles. The molecule has 6 atom stereocenters. The van der Waals surface area contributed by atoms with Gasteiger partial charge in [0.15, 0.2) is 12.6 Å². The van der Waals surface area contributed by atoms with Crippen molar-refractivity contribution in [2.24, 2.45) is 22.2 Å². The van der Waals surface area contributed by atoms with Crippen LogP contribution in [0.5, 0.6) is 11.8 Å². The molecule has 6 heterocycles. The van der Waals surface area contributed by atoms with Crippen molar-refractivity contribution >= 4 is 59.4 Å². The highest BCUT2D eigenvalue weighted by molar-refractivity contribution is 6.90. The zero-order chi connectivity index (χ0) is 75.9. The van der Waals surface area contributed by atoms with E-state index < -0.39 is 66.8 Å². The number of aliphatic hydroxyl groups excluding tert-OH is 1. The highest BCUT2D eigenvalue weighted by Crippen LogP contribution is 2.52. The minimum Gasteiger partial charge on any atom is -0.468 e. The Balaban J connectivity index is 0.704. The molecule has 6 fully saturated rings. The number of ether oxygens (including phenoxy) is 4. The van der Waals surface area contributed by atoms with Crippen LogP contribution in [0.4, 0.5) is 23.8 Å². The van der Waals surface area contributed by atoms with E-state index in [2.05, 4.69) is 73.4 Å². The topological polar surface area (TPSA) is 201 Å². The molecule has 2 unspecified atom stereocenters. The van der Waals surface area contributed by atoms with Crippen molar-refractivity contribution < 1.29 is 56.4 Å². The highest BCUT2D eigenvalue weighted by atomic mass is 28.3. The van der Waals surface area contributed by atoms with Gasteiger partial charge in [0.1, 0.15) is 60.2 Å². The van der Waals surface area contributed by atoms with Gasteiger partial charge in [0.25, 0.3) is 0 Å². The summed E-state index contributed by atoms with van der Waals surface area (Å²) in [4.78, 5) is 79.0. The molecule has 6 aliphatic rings. The molecule has 2 bridgehead atoms. The number of piperazine rings is 1. The van der Waals surface area contributed by atoms with Gasteiger partial charge in [-0.3, -0.25) is 24.3 Å². The van der Waals surface area contributed by atoms with Crippen LogP contribution in [0.2, 0.25) is 16.6 Å². The number of hydrogen-bond acceptors (Lipinski definition) is 14. The standard InChI is InChI=1S/C84H110F3N9O9Si/c1-51(2)106(52(3)4,53(5)6)40-31-64-68(86)27-24-58-41-62(104-50-102-14)43-65(71(58)64)73-72(87)74-66(44-88-73)76(94-45-59-25-26-60(46-94)96(59)80(101)105-82(11,12)13)92-79(91-74)103-49-84(34-35-84)48-93-38-36-83(37-39-93)32-29-55(30-33-83)19-28-70(98)90-75(81(8,9)10)78(100)95-47-61(97)42-69(95)77(99)89-54(7)56-20-22-57(23-21-56)63-17-15-16-18-67(63)85/h15-18,20-24,27,41,43-44,51-55,59-61,69,75,97H,19,25-26,28-30,32-39,42,45-50H2,1-14H3,(H,89,99)(H,90,98)/t54-,59?,60?,61+,69-,75+/m0/s1. The van der Waals surface area contributed by atoms with Crippen LogP contribution in [-0.2, 0) is 23.9 Å². The van der Waals surface area contributed by atoms with E-state index >= 15 is 8.78 Å². The monoisotopic (exact) mass is 1470 g/mol. The van der Waals surface area contributed by atoms with Gasteiger partial charge < -0.3 is 49.4 Å². The van der Waals surface area contributed by atoms with Crippen LogP contribution in [-0.4, -0.2) is 162 Å². The number of rotatable bonds is 22. The van der Waals surface area contributed by atoms with Gasteiger partial charge in [0.05, 0.1) is 41.8 Å². The first-order valence-electron chi connectivity index (χ1n) is 38.6. The predicted octanol–water partition coefficient (Wildman–Crippen LogP) is 15.7. The van der Waals surface area contributed by atoms with Crippen molar-refractivity contribution in [3.8, 4) is 45.6 Å². The second-order valence-corrected chi connectivity index (χ2v) is 40.1. The normalized spacial score (nSPS) is 21.0. The number of nitrogens with zero attached hydrogens (tertiary/aromatic N) is 7. The number of pyridine rings is 1. The van der Waals surface area contributed by atoms with Gasteiger partial charge in [0.2, 0.25) is 17.7 Å². The van der Waals surface area contributed by atoms with Crippen LogP contribution in [0.25, 0.3) is 44.1 Å². The number of β-amino-alcohol motifs (C(OH)–C–C–N with tert-alkyl or cyclic N) is 1. The minimum absolute atomic E-state index is 0.00279. The molecule has 18 nitrogen and oxygen atoms in total. The first-order valence-corrected chi connectivity index (χ1v) is 40.8. The Morgan fingerprint density at radius 3 is 2.06 bits per heavy atom. The Morgan fingerprint density at radius 2 is 1.43 bits per heavy atom. The first kappa shape index (κ1) is 77.8. The fraction of sp³-hybridized carbons (Fsp3) is 0.583. The van der Waals surface area contributed by atoms with E-state index in [0.29, 0.717) is 70.9 Å². The second-order valence-electron chi connectivity index (χ2n) is 34.5. The minimum atomic E-state index is -2.38. The molecule has 22 heteroatoms. The maximum absolute atomic E-state index is 18.4. The molecule has 6 aromatic rings. The average Bonchev–Trinajstić information content (AvgIpc) is 1.06. The molecule has 570 valence electrons. The number of fused-ring (bicyclic) bond motifs is 4. The maximum Gasteiger partial charge on any atom is 0.410 e. The number of likely N-dealkylation sites (tertiary alicyclic amines) is 2. The van der Waals surface area contributed by atoms with Gasteiger partial charge in [-0.05, 0) is 186 Å². The van der Waals surface area contributed by atoms with E-state index in [1.807, 2.05) is 77.6 Å². The van der Waals surface area contributed by atoms with Crippen LogP contribution in [0, 0.1) is 51.1 Å². The lowest BCUT2D eigenvalue weighted by Crippen LogP contribution is -2.57. The molecule has 4 amide bonds. The Kier molecular flexibility index (Phi) is 23.0. The number of benzene rings is 4. The van der Waals surface area contributed by atoms with Gasteiger partial charge in [-0.25, -0.2) is 18.0 Å². The highest BCUT2D eigenvalue weighted by Gasteiger charge is 2.50. The summed E-state index contributed by atoms with van der Waals surface area (Å²) >= 11 is 0. The summed E-state index contributed by atoms with van der Waals surface area (Å²) in [7, 11) is -0.860. The molecule has 0 radical (unpaired) electrons. The maximum atomic E-state index is 18.4. The zero-order valence-electron chi connectivity index (χ0n) is 64.6. The molecular weight excluding hydrogens is 1360 g/mol. The van der Waals surface area contributed by atoms with E-state index in [9.17, 15) is 28.7 Å². The molecule has 2 aliphatic carbocycles. The Morgan fingerprint density at radius 1 is 0.764 bits per heavy atom. The number of hydrogen-bond donors (Lipinski definition) is 3. The van der Waals surface area contributed by atoms with Gasteiger partial charge in [-0.1, -0.05) is 117 Å². The molecule has 106 heavy (non-hydrogen) atoms. The molecule has 2 saturated carbocycles. The van der Waals surface area contributed by atoms with Crippen molar-refractivity contribution in [3.63, 3.8) is 0 Å². The average molecular weight is 1470 g/mol. The third-order valence-corrected chi connectivity index (χ3v) is 30.4. The Bertz CT molecular complexity index is 4250. The summed E-state index contributed by atoms with van der Waals surface area (Å²) in [6.45, 7) is 30.2. The zero-order valence-corrected chi connectivity index (χ0v) is 65.6. The summed E-state index contributed by atoms with van der Waals surface area (Å²) in [6.07, 6.45) is 11.2. The van der Waals surface area contributed by atoms with Gasteiger partial charge >= 0.3 is 12.1 Å². The van der Waals surface area contributed by atoms with Crippen molar-refractivity contribution in [2.45, 2.75) is 232 Å². The second kappa shape index (κ2) is 31.4. The number of methoxy groups -OCH3 is 1. The van der Waals surface area contributed by atoms with Crippen LogP contribution < -0.4 is 25.0 Å². The number of aromatic nitrogens is 3. The number of anilines is 1. The van der Waals surface area contributed by atoms with E-state index in [-0.39, 0.29) is 112 Å². The summed E-state index contributed by atoms with van der Waals surface area (Å²) in [6, 6.07) is 17.8. The molecule has 1 spiro atoms. The Hall–Kier alpha value is -7.84. The number of carbonyl (C=O) groups excluding carboxylic acids is 4. The Labute approximate surface area is 625 Å². The van der Waals surface area contributed by atoms with E-state index in [1.165, 1.54) is 24.1 Å². The molecule has 4 aliphatic heterocycles. The summed E-state index contributed by atoms with van der Waals surface area (Å²) in [5, 5.41) is 18.4. The molecule has 3 N–H and O–H groups in total.